The molecule has 0 saturated heterocycles. The van der Waals surface area contributed by atoms with E-state index < -0.39 is 0 Å². The smallest absolute Gasteiger partial charge is 0.0834 e. The first kappa shape index (κ1) is 15.5. The summed E-state index contributed by atoms with van der Waals surface area (Å²) in [6, 6.07) is 0.242. The van der Waals surface area contributed by atoms with Crippen molar-refractivity contribution in [3.05, 3.63) is 16.9 Å². The van der Waals surface area contributed by atoms with Crippen molar-refractivity contribution in [3.8, 4) is 0 Å². The van der Waals surface area contributed by atoms with E-state index in [9.17, 15) is 0 Å². The number of hydrogen-bond donors (Lipinski definition) is 1. The molecule has 0 bridgehead atoms. The fourth-order valence-electron chi connectivity index (χ4n) is 2.39. The number of aromatic nitrogens is 2. The third kappa shape index (κ3) is 3.46. The summed E-state index contributed by atoms with van der Waals surface area (Å²) < 4.78 is 7.06. The third-order valence-electron chi connectivity index (χ3n) is 3.47. The molecule has 4 nitrogen and oxygen atoms in total. The molecular formula is C13H24ClN3O. The molecule has 1 aromatic heterocycles. The molecule has 0 aliphatic carbocycles. The van der Waals surface area contributed by atoms with Gasteiger partial charge in [-0.15, -0.1) is 0 Å². The zero-order valence-electron chi connectivity index (χ0n) is 11.7. The van der Waals surface area contributed by atoms with Gasteiger partial charge in [0.15, 0.2) is 0 Å². The van der Waals surface area contributed by atoms with Gasteiger partial charge in [0.1, 0.15) is 0 Å². The summed E-state index contributed by atoms with van der Waals surface area (Å²) in [4.78, 5) is 0. The maximum Gasteiger partial charge on any atom is 0.0834 e. The van der Waals surface area contributed by atoms with Gasteiger partial charge in [-0.05, 0) is 13.0 Å². The van der Waals surface area contributed by atoms with Gasteiger partial charge in [-0.1, -0.05) is 38.3 Å². The molecule has 0 amide bonds. The summed E-state index contributed by atoms with van der Waals surface area (Å²) in [5.74, 6) is 0.561. The highest BCUT2D eigenvalue weighted by atomic mass is 35.5. The van der Waals surface area contributed by atoms with Crippen LogP contribution in [0.4, 0.5) is 0 Å². The van der Waals surface area contributed by atoms with Crippen LogP contribution in [0.1, 0.15) is 38.4 Å². The van der Waals surface area contributed by atoms with Crippen molar-refractivity contribution in [2.45, 2.75) is 39.3 Å². The van der Waals surface area contributed by atoms with Crippen LogP contribution in [-0.4, -0.2) is 30.5 Å². The Kier molecular flexibility index (Phi) is 6.68. The Bertz CT molecular complexity index is 350. The number of nitrogens with zero attached hydrogens (tertiary/aromatic N) is 2. The summed E-state index contributed by atoms with van der Waals surface area (Å²) in [5.41, 5.74) is 1.07. The molecule has 104 valence electrons. The van der Waals surface area contributed by atoms with Crippen molar-refractivity contribution in [1.29, 1.82) is 0 Å². The summed E-state index contributed by atoms with van der Waals surface area (Å²) >= 11 is 6.29. The van der Waals surface area contributed by atoms with Gasteiger partial charge in [0.05, 0.1) is 36.1 Å². The highest BCUT2D eigenvalue weighted by molar-refractivity contribution is 6.31. The van der Waals surface area contributed by atoms with E-state index in [1.54, 1.807) is 13.3 Å². The molecule has 1 aromatic rings. The predicted octanol–water partition coefficient (Wildman–Crippen LogP) is 2.88. The standard InChI is InChI=1S/C13H24ClN3O/c1-5-10(6-2)12(15-3)13-11(14)9-16-17(13)7-8-18-4/h9-10,12,15H,5-8H2,1-4H3. The number of hydrogen-bond acceptors (Lipinski definition) is 3. The van der Waals surface area contributed by atoms with E-state index in [1.165, 1.54) is 0 Å². The van der Waals surface area contributed by atoms with E-state index in [1.807, 2.05) is 11.7 Å². The van der Waals surface area contributed by atoms with E-state index in [-0.39, 0.29) is 6.04 Å². The number of rotatable bonds is 8. The molecule has 0 aliphatic heterocycles. The van der Waals surface area contributed by atoms with E-state index in [2.05, 4.69) is 24.3 Å². The molecule has 1 unspecified atom stereocenters. The third-order valence-corrected chi connectivity index (χ3v) is 3.76. The lowest BCUT2D eigenvalue weighted by molar-refractivity contribution is 0.180. The van der Waals surface area contributed by atoms with E-state index in [0.717, 1.165) is 30.1 Å². The molecule has 0 radical (unpaired) electrons. The molecule has 1 atom stereocenters. The van der Waals surface area contributed by atoms with Gasteiger partial charge in [0.25, 0.3) is 0 Å². The topological polar surface area (TPSA) is 39.1 Å². The van der Waals surface area contributed by atoms with Crippen LogP contribution in [0, 0.1) is 5.92 Å². The van der Waals surface area contributed by atoms with Crippen molar-refractivity contribution in [2.75, 3.05) is 20.8 Å². The monoisotopic (exact) mass is 273 g/mol. The zero-order valence-corrected chi connectivity index (χ0v) is 12.5. The molecule has 1 heterocycles. The molecule has 1 rings (SSSR count). The Morgan fingerprint density at radius 3 is 2.61 bits per heavy atom. The van der Waals surface area contributed by atoms with Crippen LogP contribution in [0.15, 0.2) is 6.20 Å². The van der Waals surface area contributed by atoms with E-state index in [0.29, 0.717) is 12.5 Å². The number of nitrogens with one attached hydrogen (secondary N) is 1. The van der Waals surface area contributed by atoms with Gasteiger partial charge >= 0.3 is 0 Å². The molecular weight excluding hydrogens is 250 g/mol. The lowest BCUT2D eigenvalue weighted by atomic mass is 9.92. The average Bonchev–Trinajstić information content (AvgIpc) is 2.74. The highest BCUT2D eigenvalue weighted by Gasteiger charge is 2.25. The van der Waals surface area contributed by atoms with Gasteiger partial charge < -0.3 is 10.1 Å². The number of methoxy groups -OCH3 is 1. The Morgan fingerprint density at radius 1 is 1.44 bits per heavy atom. The maximum absolute atomic E-state index is 6.29. The molecule has 5 heteroatoms. The number of halogens is 1. The summed E-state index contributed by atoms with van der Waals surface area (Å²) in [6.45, 7) is 5.80. The first-order valence-corrected chi connectivity index (χ1v) is 6.94. The van der Waals surface area contributed by atoms with Crippen LogP contribution in [0.3, 0.4) is 0 Å². The Balaban J connectivity index is 2.99. The molecule has 1 N–H and O–H groups in total. The summed E-state index contributed by atoms with van der Waals surface area (Å²) in [5, 5.41) is 8.45. The molecule has 0 fully saturated rings. The lowest BCUT2D eigenvalue weighted by Crippen LogP contribution is -2.28. The molecule has 0 spiro atoms. The highest BCUT2D eigenvalue weighted by Crippen LogP contribution is 2.31. The Morgan fingerprint density at radius 2 is 2.11 bits per heavy atom. The van der Waals surface area contributed by atoms with Crippen molar-refractivity contribution < 1.29 is 4.74 Å². The minimum atomic E-state index is 0.242. The second-order valence-electron chi connectivity index (χ2n) is 4.44. The van der Waals surface area contributed by atoms with Crippen LogP contribution >= 0.6 is 11.6 Å². The van der Waals surface area contributed by atoms with Crippen LogP contribution in [-0.2, 0) is 11.3 Å². The second-order valence-corrected chi connectivity index (χ2v) is 4.84. The van der Waals surface area contributed by atoms with Gasteiger partial charge in [-0.2, -0.15) is 5.10 Å². The van der Waals surface area contributed by atoms with Gasteiger partial charge in [0.2, 0.25) is 0 Å². The van der Waals surface area contributed by atoms with Crippen molar-refractivity contribution in [1.82, 2.24) is 15.1 Å². The Labute approximate surface area is 115 Å². The molecule has 0 aromatic carbocycles. The van der Waals surface area contributed by atoms with Gasteiger partial charge in [-0.25, -0.2) is 0 Å². The normalized spacial score (nSPS) is 13.2. The largest absolute Gasteiger partial charge is 0.383 e. The van der Waals surface area contributed by atoms with Crippen molar-refractivity contribution in [3.63, 3.8) is 0 Å². The molecule has 18 heavy (non-hydrogen) atoms. The molecule has 0 aliphatic rings. The first-order valence-electron chi connectivity index (χ1n) is 6.56. The minimum absolute atomic E-state index is 0.242. The quantitative estimate of drug-likeness (QED) is 0.792. The second kappa shape index (κ2) is 7.77. The van der Waals surface area contributed by atoms with Gasteiger partial charge in [0, 0.05) is 7.11 Å². The van der Waals surface area contributed by atoms with Crippen LogP contribution in [0.2, 0.25) is 5.02 Å². The predicted molar refractivity (Wildman–Crippen MR) is 75.0 cm³/mol. The average molecular weight is 274 g/mol. The van der Waals surface area contributed by atoms with Crippen molar-refractivity contribution in [2.24, 2.45) is 5.92 Å². The SMILES string of the molecule is CCC(CC)C(NC)c1c(Cl)cnn1CCOC. The number of ether oxygens (including phenoxy) is 1. The van der Waals surface area contributed by atoms with Crippen LogP contribution < -0.4 is 5.32 Å². The molecule has 0 saturated carbocycles. The Hall–Kier alpha value is -0.580. The first-order chi connectivity index (χ1) is 8.69. The maximum atomic E-state index is 6.29. The van der Waals surface area contributed by atoms with Crippen LogP contribution in [0.25, 0.3) is 0 Å². The van der Waals surface area contributed by atoms with E-state index in [4.69, 9.17) is 16.3 Å². The van der Waals surface area contributed by atoms with Gasteiger partial charge in [-0.3, -0.25) is 4.68 Å². The fraction of sp³-hybridized carbons (Fsp3) is 0.769. The zero-order chi connectivity index (χ0) is 13.5. The summed E-state index contributed by atoms with van der Waals surface area (Å²) in [7, 11) is 3.67. The van der Waals surface area contributed by atoms with Crippen molar-refractivity contribution >= 4 is 11.6 Å². The minimum Gasteiger partial charge on any atom is -0.383 e. The van der Waals surface area contributed by atoms with Crippen LogP contribution in [0.5, 0.6) is 0 Å². The summed E-state index contributed by atoms with van der Waals surface area (Å²) in [6.07, 6.45) is 3.96. The lowest BCUT2D eigenvalue weighted by Gasteiger charge is -2.26. The van der Waals surface area contributed by atoms with E-state index >= 15 is 0 Å². The fourth-order valence-corrected chi connectivity index (χ4v) is 2.65.